The second-order valence-corrected chi connectivity index (χ2v) is 4.32. The van der Waals surface area contributed by atoms with Crippen molar-refractivity contribution >= 4 is 0 Å². The molecule has 19 heavy (non-hydrogen) atoms. The van der Waals surface area contributed by atoms with Crippen LogP contribution in [-0.2, 0) is 4.74 Å². The van der Waals surface area contributed by atoms with Gasteiger partial charge in [-0.1, -0.05) is 0 Å². The Morgan fingerprint density at radius 1 is 0.895 bits per heavy atom. The fourth-order valence-corrected chi connectivity index (χ4v) is 1.73. The molecule has 0 saturated carbocycles. The first kappa shape index (κ1) is 15.8. The van der Waals surface area contributed by atoms with E-state index in [-0.39, 0.29) is 0 Å². The highest BCUT2D eigenvalue weighted by Crippen LogP contribution is 2.17. The number of hydrogen-bond acceptors (Lipinski definition) is 3. The zero-order chi connectivity index (χ0) is 13.8. The van der Waals surface area contributed by atoms with Crippen molar-refractivity contribution in [3.8, 4) is 11.5 Å². The van der Waals surface area contributed by atoms with Gasteiger partial charge in [0.05, 0.1) is 32.9 Å². The maximum atomic E-state index is 5.67. The Balaban J connectivity index is 2.02. The van der Waals surface area contributed by atoms with Crippen LogP contribution in [0.5, 0.6) is 11.5 Å². The van der Waals surface area contributed by atoms with E-state index in [4.69, 9.17) is 14.2 Å². The van der Waals surface area contributed by atoms with E-state index in [0.29, 0.717) is 6.61 Å². The Hall–Kier alpha value is -1.26. The third kappa shape index (κ3) is 7.70. The lowest BCUT2D eigenvalue weighted by Crippen LogP contribution is -2.84. The number of methoxy groups -OCH3 is 1. The van der Waals surface area contributed by atoms with Gasteiger partial charge in [0.1, 0.15) is 11.5 Å². The molecule has 0 aliphatic rings. The molecule has 0 spiro atoms. The zero-order valence-electron chi connectivity index (χ0n) is 12.1. The van der Waals surface area contributed by atoms with Crippen LogP contribution in [0.25, 0.3) is 0 Å². The van der Waals surface area contributed by atoms with Gasteiger partial charge in [-0.3, -0.25) is 0 Å². The van der Waals surface area contributed by atoms with Crippen LogP contribution in [0.15, 0.2) is 24.3 Å². The lowest BCUT2D eigenvalue weighted by molar-refractivity contribution is -0.655. The fourth-order valence-electron chi connectivity index (χ4n) is 1.73. The Kier molecular flexibility index (Phi) is 8.85. The van der Waals surface area contributed by atoms with Crippen LogP contribution in [-0.4, -0.2) is 40.0 Å². The van der Waals surface area contributed by atoms with E-state index in [1.54, 1.807) is 7.11 Å². The van der Waals surface area contributed by atoms with E-state index < -0.39 is 0 Å². The van der Waals surface area contributed by atoms with Crippen molar-refractivity contribution in [1.82, 2.24) is 0 Å². The molecule has 4 heteroatoms. The molecule has 0 radical (unpaired) electrons. The average molecular weight is 268 g/mol. The van der Waals surface area contributed by atoms with Crippen molar-refractivity contribution in [2.24, 2.45) is 0 Å². The summed E-state index contributed by atoms with van der Waals surface area (Å²) in [5.74, 6) is 1.80. The molecule has 1 rings (SSSR count). The molecule has 108 valence electrons. The Morgan fingerprint density at radius 3 is 2.05 bits per heavy atom. The SMILES string of the molecule is CCOc1ccc(OCCC[NH2+]CCCOC)cc1. The highest BCUT2D eigenvalue weighted by atomic mass is 16.5. The molecule has 0 saturated heterocycles. The summed E-state index contributed by atoms with van der Waals surface area (Å²) in [5, 5.41) is 2.31. The summed E-state index contributed by atoms with van der Waals surface area (Å²) in [6, 6.07) is 7.78. The van der Waals surface area contributed by atoms with Crippen molar-refractivity contribution in [2.45, 2.75) is 19.8 Å². The molecular formula is C15H26NO3+. The first-order valence-electron chi connectivity index (χ1n) is 7.03. The minimum atomic E-state index is 0.694. The summed E-state index contributed by atoms with van der Waals surface area (Å²) in [4.78, 5) is 0. The van der Waals surface area contributed by atoms with Crippen molar-refractivity contribution in [2.75, 3.05) is 40.0 Å². The highest BCUT2D eigenvalue weighted by Gasteiger charge is 1.97. The van der Waals surface area contributed by atoms with Crippen LogP contribution < -0.4 is 14.8 Å². The van der Waals surface area contributed by atoms with Crippen LogP contribution in [0.3, 0.4) is 0 Å². The predicted octanol–water partition coefficient (Wildman–Crippen LogP) is 1.45. The molecule has 0 atom stereocenters. The summed E-state index contributed by atoms with van der Waals surface area (Å²) in [5.41, 5.74) is 0. The molecule has 0 fully saturated rings. The van der Waals surface area contributed by atoms with Gasteiger partial charge in [0.25, 0.3) is 0 Å². The third-order valence-corrected chi connectivity index (χ3v) is 2.71. The number of quaternary nitrogens is 1. The summed E-state index contributed by atoms with van der Waals surface area (Å²) in [7, 11) is 1.74. The van der Waals surface area contributed by atoms with Gasteiger partial charge in [0.2, 0.25) is 0 Å². The quantitative estimate of drug-likeness (QED) is 0.618. The average Bonchev–Trinajstić information content (AvgIpc) is 2.44. The Bertz CT molecular complexity index is 314. The lowest BCUT2D eigenvalue weighted by Gasteiger charge is -2.07. The van der Waals surface area contributed by atoms with Gasteiger partial charge >= 0.3 is 0 Å². The number of ether oxygens (including phenoxy) is 3. The van der Waals surface area contributed by atoms with Gasteiger partial charge in [-0.25, -0.2) is 0 Å². The van der Waals surface area contributed by atoms with Crippen molar-refractivity contribution in [1.29, 1.82) is 0 Å². The van der Waals surface area contributed by atoms with E-state index in [0.717, 1.165) is 50.6 Å². The third-order valence-electron chi connectivity index (χ3n) is 2.71. The molecule has 0 aliphatic heterocycles. The van der Waals surface area contributed by atoms with Crippen LogP contribution in [0.2, 0.25) is 0 Å². The molecule has 0 heterocycles. The van der Waals surface area contributed by atoms with Crippen LogP contribution in [0, 0.1) is 0 Å². The monoisotopic (exact) mass is 268 g/mol. The molecule has 0 aromatic heterocycles. The van der Waals surface area contributed by atoms with Crippen LogP contribution >= 0.6 is 0 Å². The normalized spacial score (nSPS) is 10.4. The van der Waals surface area contributed by atoms with Gasteiger partial charge in [0, 0.05) is 20.0 Å². The number of rotatable bonds is 11. The topological polar surface area (TPSA) is 44.3 Å². The molecule has 1 aromatic rings. The first-order valence-corrected chi connectivity index (χ1v) is 7.03. The molecule has 2 N–H and O–H groups in total. The highest BCUT2D eigenvalue weighted by molar-refractivity contribution is 5.31. The molecule has 1 aromatic carbocycles. The smallest absolute Gasteiger partial charge is 0.119 e. The second kappa shape index (κ2) is 10.6. The fraction of sp³-hybridized carbons (Fsp3) is 0.600. The second-order valence-electron chi connectivity index (χ2n) is 4.32. The van der Waals surface area contributed by atoms with Gasteiger partial charge in [-0.2, -0.15) is 0 Å². The Labute approximate surface area is 116 Å². The van der Waals surface area contributed by atoms with E-state index in [1.165, 1.54) is 0 Å². The first-order chi connectivity index (χ1) is 9.36. The van der Waals surface area contributed by atoms with E-state index in [9.17, 15) is 0 Å². The minimum Gasteiger partial charge on any atom is -0.494 e. The number of nitrogens with two attached hydrogens (primary N) is 1. The van der Waals surface area contributed by atoms with E-state index in [1.807, 2.05) is 31.2 Å². The van der Waals surface area contributed by atoms with Crippen molar-refractivity contribution in [3.63, 3.8) is 0 Å². The number of benzene rings is 1. The summed E-state index contributed by atoms with van der Waals surface area (Å²) < 4.78 is 16.0. The minimum absolute atomic E-state index is 0.694. The summed E-state index contributed by atoms with van der Waals surface area (Å²) >= 11 is 0. The molecule has 0 aliphatic carbocycles. The molecule has 0 amide bonds. The van der Waals surface area contributed by atoms with E-state index in [2.05, 4.69) is 5.32 Å². The molecule has 4 nitrogen and oxygen atoms in total. The lowest BCUT2D eigenvalue weighted by atomic mass is 10.3. The standard InChI is InChI=1S/C15H25NO3/c1-3-18-14-6-8-15(9-7-14)19-13-5-11-16-10-4-12-17-2/h6-9,16H,3-5,10-13H2,1-2H3/p+1. The van der Waals surface area contributed by atoms with Gasteiger partial charge in [-0.15, -0.1) is 0 Å². The zero-order valence-corrected chi connectivity index (χ0v) is 12.1. The maximum Gasteiger partial charge on any atom is 0.119 e. The Morgan fingerprint density at radius 2 is 1.47 bits per heavy atom. The largest absolute Gasteiger partial charge is 0.494 e. The molecule has 0 unspecified atom stereocenters. The van der Waals surface area contributed by atoms with Crippen LogP contribution in [0.1, 0.15) is 19.8 Å². The molecular weight excluding hydrogens is 242 g/mol. The molecule has 0 bridgehead atoms. The van der Waals surface area contributed by atoms with Gasteiger partial charge in [-0.05, 0) is 31.2 Å². The number of hydrogen-bond donors (Lipinski definition) is 1. The van der Waals surface area contributed by atoms with Crippen molar-refractivity contribution < 1.29 is 19.5 Å². The summed E-state index contributed by atoms with van der Waals surface area (Å²) in [6.07, 6.45) is 2.16. The maximum absolute atomic E-state index is 5.67. The van der Waals surface area contributed by atoms with Gasteiger partial charge < -0.3 is 19.5 Å². The summed E-state index contributed by atoms with van der Waals surface area (Å²) in [6.45, 7) is 6.50. The van der Waals surface area contributed by atoms with Crippen molar-refractivity contribution in [3.05, 3.63) is 24.3 Å². The van der Waals surface area contributed by atoms with E-state index >= 15 is 0 Å². The van der Waals surface area contributed by atoms with Crippen LogP contribution in [0.4, 0.5) is 0 Å². The predicted molar refractivity (Wildman–Crippen MR) is 75.9 cm³/mol. The van der Waals surface area contributed by atoms with Gasteiger partial charge in [0.15, 0.2) is 0 Å².